The third-order valence-electron chi connectivity index (χ3n) is 3.75. The fourth-order valence-corrected chi connectivity index (χ4v) is 2.41. The van der Waals surface area contributed by atoms with Gasteiger partial charge in [0.1, 0.15) is 0 Å². The van der Waals surface area contributed by atoms with E-state index in [4.69, 9.17) is 0 Å². The van der Waals surface area contributed by atoms with Crippen molar-refractivity contribution in [1.29, 1.82) is 0 Å². The number of carbonyl (C=O) groups is 1. The Labute approximate surface area is 131 Å². The lowest BCUT2D eigenvalue weighted by atomic mass is 10.0. The van der Waals surface area contributed by atoms with E-state index in [9.17, 15) is 20.0 Å². The number of phenolic OH excluding ortho intramolecular Hbond substituents is 1. The van der Waals surface area contributed by atoms with Gasteiger partial charge in [-0.05, 0) is 18.6 Å². The minimum absolute atomic E-state index is 0.103. The third kappa shape index (κ3) is 6.24. The molecule has 0 heterocycles. The van der Waals surface area contributed by atoms with Gasteiger partial charge in [-0.25, -0.2) is 0 Å². The molecule has 0 fully saturated rings. The topological polar surface area (TPSA) is 80.4 Å². The molecule has 0 unspecified atom stereocenters. The fourth-order valence-electron chi connectivity index (χ4n) is 2.41. The van der Waals surface area contributed by atoms with E-state index in [1.807, 2.05) is 0 Å². The normalized spacial score (nSPS) is 10.6. The van der Waals surface area contributed by atoms with Crippen LogP contribution in [0.4, 0.5) is 5.69 Å². The maximum atomic E-state index is 12.0. The first-order chi connectivity index (χ1) is 10.6. The lowest BCUT2D eigenvalue weighted by Crippen LogP contribution is -2.00. The molecule has 5 heteroatoms. The summed E-state index contributed by atoms with van der Waals surface area (Å²) < 4.78 is 0. The Kier molecular flexibility index (Phi) is 8.18. The summed E-state index contributed by atoms with van der Waals surface area (Å²) in [6.45, 7) is 2.19. The molecule has 1 N–H and O–H groups in total. The second-order valence-electron chi connectivity index (χ2n) is 5.61. The smallest absolute Gasteiger partial charge is 0.311 e. The van der Waals surface area contributed by atoms with E-state index in [1.165, 1.54) is 44.2 Å². The molecule has 0 aromatic heterocycles. The first-order valence-corrected chi connectivity index (χ1v) is 8.07. The third-order valence-corrected chi connectivity index (χ3v) is 3.75. The Morgan fingerprint density at radius 1 is 1.09 bits per heavy atom. The lowest BCUT2D eigenvalue weighted by Gasteiger charge is -2.03. The van der Waals surface area contributed by atoms with Crippen LogP contribution in [0.5, 0.6) is 5.75 Å². The first-order valence-electron chi connectivity index (χ1n) is 8.07. The minimum Gasteiger partial charge on any atom is -0.502 e. The van der Waals surface area contributed by atoms with Crippen molar-refractivity contribution in [3.05, 3.63) is 33.9 Å². The standard InChI is InChI=1S/C17H25NO4/c1-2-3-4-5-6-7-8-9-10-16(19)14-11-12-17(20)15(13-14)18(21)22/h11-13,20H,2-10H2,1H3. The molecule has 1 aromatic carbocycles. The van der Waals surface area contributed by atoms with E-state index in [0.717, 1.165) is 25.3 Å². The highest BCUT2D eigenvalue weighted by molar-refractivity contribution is 5.96. The zero-order valence-corrected chi connectivity index (χ0v) is 13.2. The van der Waals surface area contributed by atoms with Crippen molar-refractivity contribution in [3.63, 3.8) is 0 Å². The average molecular weight is 307 g/mol. The number of nitro benzene ring substituents is 1. The number of rotatable bonds is 11. The van der Waals surface area contributed by atoms with Crippen LogP contribution in [0, 0.1) is 10.1 Å². The average Bonchev–Trinajstić information content (AvgIpc) is 2.49. The van der Waals surface area contributed by atoms with Crippen molar-refractivity contribution in [2.45, 2.75) is 64.7 Å². The summed E-state index contributed by atoms with van der Waals surface area (Å²) in [6, 6.07) is 3.80. The molecule has 0 spiro atoms. The van der Waals surface area contributed by atoms with Gasteiger partial charge >= 0.3 is 5.69 Å². The second-order valence-corrected chi connectivity index (χ2v) is 5.61. The predicted octanol–water partition coefficient (Wildman–Crippen LogP) is 5.01. The molecule has 0 aliphatic heterocycles. The Hall–Kier alpha value is -1.91. The largest absolute Gasteiger partial charge is 0.502 e. The molecule has 0 aliphatic carbocycles. The van der Waals surface area contributed by atoms with Crippen molar-refractivity contribution >= 4 is 11.5 Å². The molecule has 0 radical (unpaired) electrons. The van der Waals surface area contributed by atoms with Crippen LogP contribution in [0.3, 0.4) is 0 Å². The number of hydrogen-bond acceptors (Lipinski definition) is 4. The summed E-state index contributed by atoms with van der Waals surface area (Å²) in [6.07, 6.45) is 9.63. The van der Waals surface area contributed by atoms with Crippen LogP contribution in [0.25, 0.3) is 0 Å². The molecule has 0 saturated heterocycles. The Morgan fingerprint density at radius 3 is 2.27 bits per heavy atom. The van der Waals surface area contributed by atoms with E-state index < -0.39 is 16.4 Å². The summed E-state index contributed by atoms with van der Waals surface area (Å²) >= 11 is 0. The highest BCUT2D eigenvalue weighted by atomic mass is 16.6. The summed E-state index contributed by atoms with van der Waals surface area (Å²) in [4.78, 5) is 22.1. The van der Waals surface area contributed by atoms with Gasteiger partial charge in [0.05, 0.1) is 4.92 Å². The number of hydrogen-bond donors (Lipinski definition) is 1. The highest BCUT2D eigenvalue weighted by Gasteiger charge is 2.16. The molecule has 1 rings (SSSR count). The molecule has 5 nitrogen and oxygen atoms in total. The number of nitro groups is 1. The second kappa shape index (κ2) is 9.92. The Balaban J connectivity index is 2.31. The van der Waals surface area contributed by atoms with E-state index in [2.05, 4.69) is 6.92 Å². The number of Topliss-reactive ketones (excluding diaryl/α,β-unsaturated/α-hetero) is 1. The summed E-state index contributed by atoms with van der Waals surface area (Å²) in [7, 11) is 0. The molecule has 0 aliphatic rings. The van der Waals surface area contributed by atoms with Gasteiger partial charge in [-0.3, -0.25) is 14.9 Å². The van der Waals surface area contributed by atoms with Gasteiger partial charge in [-0.15, -0.1) is 0 Å². The quantitative estimate of drug-likeness (QED) is 0.269. The van der Waals surface area contributed by atoms with E-state index in [0.29, 0.717) is 12.0 Å². The molecular formula is C17H25NO4. The molecular weight excluding hydrogens is 282 g/mol. The van der Waals surface area contributed by atoms with E-state index in [-0.39, 0.29) is 5.78 Å². The maximum absolute atomic E-state index is 12.0. The highest BCUT2D eigenvalue weighted by Crippen LogP contribution is 2.27. The van der Waals surface area contributed by atoms with Gasteiger partial charge in [-0.1, -0.05) is 51.9 Å². The van der Waals surface area contributed by atoms with Gasteiger partial charge in [0.15, 0.2) is 11.5 Å². The number of carbonyl (C=O) groups excluding carboxylic acids is 1. The van der Waals surface area contributed by atoms with Crippen molar-refractivity contribution in [1.82, 2.24) is 0 Å². The van der Waals surface area contributed by atoms with Gasteiger partial charge in [0, 0.05) is 18.1 Å². The van der Waals surface area contributed by atoms with Crippen LogP contribution >= 0.6 is 0 Å². The number of ketones is 1. The van der Waals surface area contributed by atoms with Crippen LogP contribution in [0.1, 0.15) is 75.1 Å². The molecule has 22 heavy (non-hydrogen) atoms. The molecule has 0 saturated carbocycles. The fraction of sp³-hybridized carbons (Fsp3) is 0.588. The van der Waals surface area contributed by atoms with Crippen LogP contribution in [0.2, 0.25) is 0 Å². The number of aromatic hydroxyl groups is 1. The van der Waals surface area contributed by atoms with Crippen LogP contribution < -0.4 is 0 Å². The van der Waals surface area contributed by atoms with Crippen molar-refractivity contribution in [2.24, 2.45) is 0 Å². The van der Waals surface area contributed by atoms with Gasteiger partial charge < -0.3 is 5.11 Å². The number of nitrogens with zero attached hydrogens (tertiary/aromatic N) is 1. The summed E-state index contributed by atoms with van der Waals surface area (Å²) in [5, 5.41) is 20.1. The van der Waals surface area contributed by atoms with Crippen molar-refractivity contribution in [3.8, 4) is 5.75 Å². The van der Waals surface area contributed by atoms with Gasteiger partial charge in [0.25, 0.3) is 0 Å². The Morgan fingerprint density at radius 2 is 1.68 bits per heavy atom. The number of unbranched alkanes of at least 4 members (excludes halogenated alkanes) is 7. The maximum Gasteiger partial charge on any atom is 0.311 e. The molecule has 0 amide bonds. The summed E-state index contributed by atoms with van der Waals surface area (Å²) in [5.41, 5.74) is -0.116. The number of phenols is 1. The van der Waals surface area contributed by atoms with Gasteiger partial charge in [-0.2, -0.15) is 0 Å². The Bertz CT molecular complexity index is 499. The number of benzene rings is 1. The minimum atomic E-state index is -0.678. The molecule has 122 valence electrons. The predicted molar refractivity (Wildman–Crippen MR) is 86.3 cm³/mol. The van der Waals surface area contributed by atoms with Crippen molar-refractivity contribution < 1.29 is 14.8 Å². The monoisotopic (exact) mass is 307 g/mol. The zero-order valence-electron chi connectivity index (χ0n) is 13.2. The zero-order chi connectivity index (χ0) is 16.4. The lowest BCUT2D eigenvalue weighted by molar-refractivity contribution is -0.385. The molecule has 1 aromatic rings. The van der Waals surface area contributed by atoms with Crippen LogP contribution in [0.15, 0.2) is 18.2 Å². The molecule has 0 atom stereocenters. The van der Waals surface area contributed by atoms with Crippen LogP contribution in [-0.2, 0) is 0 Å². The van der Waals surface area contributed by atoms with E-state index >= 15 is 0 Å². The van der Waals surface area contributed by atoms with Crippen molar-refractivity contribution in [2.75, 3.05) is 0 Å². The molecule has 0 bridgehead atoms. The summed E-state index contributed by atoms with van der Waals surface area (Å²) in [5.74, 6) is -0.511. The SMILES string of the molecule is CCCCCCCCCCC(=O)c1ccc(O)c([N+](=O)[O-])c1. The van der Waals surface area contributed by atoms with Crippen LogP contribution in [-0.4, -0.2) is 15.8 Å². The van der Waals surface area contributed by atoms with Gasteiger partial charge in [0.2, 0.25) is 0 Å². The van der Waals surface area contributed by atoms with E-state index in [1.54, 1.807) is 0 Å². The first kappa shape index (κ1) is 18.1.